The molecule has 102 valence electrons. The van der Waals surface area contributed by atoms with Crippen molar-refractivity contribution in [2.75, 3.05) is 13.3 Å². The normalized spacial score (nSPS) is 14.6. The quantitative estimate of drug-likeness (QED) is 0.915. The van der Waals surface area contributed by atoms with Crippen molar-refractivity contribution < 1.29 is 12.8 Å². The Morgan fingerprint density at radius 2 is 1.83 bits per heavy atom. The number of nitrogens with one attached hydrogen (secondary N) is 1. The summed E-state index contributed by atoms with van der Waals surface area (Å²) in [5.74, 6) is -0.352. The van der Waals surface area contributed by atoms with Gasteiger partial charge < -0.3 is 5.32 Å². The molecule has 1 aromatic rings. The molecule has 0 aliphatic heterocycles. The zero-order valence-corrected chi connectivity index (χ0v) is 12.2. The molecular formula is C13H20FNO2S. The highest BCUT2D eigenvalue weighted by atomic mass is 32.2. The minimum atomic E-state index is -3.27. The molecule has 0 fully saturated rings. The first-order valence-corrected chi connectivity index (χ1v) is 7.62. The highest BCUT2D eigenvalue weighted by molar-refractivity contribution is 7.92. The van der Waals surface area contributed by atoms with Crippen LogP contribution in [0.5, 0.6) is 0 Å². The number of halogens is 1. The Balaban J connectivity index is 3.34. The zero-order chi connectivity index (χ0) is 14.1. The molecule has 0 aromatic heterocycles. The highest BCUT2D eigenvalue weighted by Gasteiger charge is 2.39. The van der Waals surface area contributed by atoms with Gasteiger partial charge in [0.1, 0.15) is 5.82 Å². The maximum Gasteiger partial charge on any atom is 0.154 e. The van der Waals surface area contributed by atoms with Gasteiger partial charge in [0.25, 0.3) is 0 Å². The lowest BCUT2D eigenvalue weighted by Crippen LogP contribution is -2.43. The van der Waals surface area contributed by atoms with E-state index in [0.29, 0.717) is 5.56 Å². The van der Waals surface area contributed by atoms with E-state index in [-0.39, 0.29) is 5.82 Å². The first-order valence-electron chi connectivity index (χ1n) is 5.73. The van der Waals surface area contributed by atoms with Gasteiger partial charge in [-0.15, -0.1) is 0 Å². The molecule has 0 heterocycles. The van der Waals surface area contributed by atoms with Gasteiger partial charge in [-0.1, -0.05) is 6.07 Å². The van der Waals surface area contributed by atoms with Crippen molar-refractivity contribution >= 4 is 9.84 Å². The molecule has 1 rings (SSSR count). The van der Waals surface area contributed by atoms with Gasteiger partial charge in [0, 0.05) is 6.26 Å². The number of sulfone groups is 1. The Morgan fingerprint density at radius 1 is 1.28 bits per heavy atom. The Hall–Kier alpha value is -0.940. The second kappa shape index (κ2) is 4.97. The summed E-state index contributed by atoms with van der Waals surface area (Å²) >= 11 is 0. The van der Waals surface area contributed by atoms with E-state index in [1.807, 2.05) is 0 Å². The first-order chi connectivity index (χ1) is 8.09. The zero-order valence-electron chi connectivity index (χ0n) is 11.4. The standard InChI is InChI=1S/C13H20FNO2S/c1-9-6-10(8-11(14)7-9)12(15-4)13(2,3)18(5,16)17/h6-8,12,15H,1-5H3. The van der Waals surface area contributed by atoms with E-state index in [1.54, 1.807) is 33.9 Å². The smallest absolute Gasteiger partial charge is 0.154 e. The summed E-state index contributed by atoms with van der Waals surface area (Å²) in [6.45, 7) is 5.07. The van der Waals surface area contributed by atoms with Crippen LogP contribution in [-0.2, 0) is 9.84 Å². The predicted octanol–water partition coefficient (Wildman–Crippen LogP) is 2.22. The van der Waals surface area contributed by atoms with E-state index < -0.39 is 20.6 Å². The van der Waals surface area contributed by atoms with Crippen LogP contribution >= 0.6 is 0 Å². The molecule has 5 heteroatoms. The average molecular weight is 273 g/mol. The largest absolute Gasteiger partial charge is 0.312 e. The Morgan fingerprint density at radius 3 is 2.22 bits per heavy atom. The van der Waals surface area contributed by atoms with Crippen molar-refractivity contribution in [3.63, 3.8) is 0 Å². The minimum absolute atomic E-state index is 0.352. The number of benzene rings is 1. The Kier molecular flexibility index (Phi) is 4.18. The van der Waals surface area contributed by atoms with Gasteiger partial charge in [0.2, 0.25) is 0 Å². The summed E-state index contributed by atoms with van der Waals surface area (Å²) in [6.07, 6.45) is 1.20. The molecule has 0 spiro atoms. The lowest BCUT2D eigenvalue weighted by molar-refractivity contribution is 0.444. The maximum absolute atomic E-state index is 13.4. The summed E-state index contributed by atoms with van der Waals surface area (Å²) in [7, 11) is -1.59. The molecule has 0 aliphatic rings. The van der Waals surface area contributed by atoms with Gasteiger partial charge in [0.05, 0.1) is 10.8 Å². The predicted molar refractivity (Wildman–Crippen MR) is 71.9 cm³/mol. The topological polar surface area (TPSA) is 46.2 Å². The fraction of sp³-hybridized carbons (Fsp3) is 0.538. The maximum atomic E-state index is 13.4. The van der Waals surface area contributed by atoms with E-state index in [4.69, 9.17) is 0 Å². The number of aryl methyl sites for hydroxylation is 1. The van der Waals surface area contributed by atoms with Crippen molar-refractivity contribution in [1.82, 2.24) is 5.32 Å². The van der Waals surface area contributed by atoms with Gasteiger partial charge >= 0.3 is 0 Å². The van der Waals surface area contributed by atoms with Crippen molar-refractivity contribution in [3.05, 3.63) is 35.1 Å². The van der Waals surface area contributed by atoms with Gasteiger partial charge in [-0.25, -0.2) is 12.8 Å². The molecule has 0 radical (unpaired) electrons. The third kappa shape index (κ3) is 2.90. The number of rotatable bonds is 4. The van der Waals surface area contributed by atoms with Crippen LogP contribution in [0.3, 0.4) is 0 Å². The van der Waals surface area contributed by atoms with Crippen LogP contribution in [0.4, 0.5) is 4.39 Å². The number of hydrogen-bond donors (Lipinski definition) is 1. The van der Waals surface area contributed by atoms with Crippen molar-refractivity contribution in [2.45, 2.75) is 31.6 Å². The first kappa shape index (κ1) is 15.1. The molecule has 18 heavy (non-hydrogen) atoms. The molecule has 0 saturated carbocycles. The van der Waals surface area contributed by atoms with Crippen LogP contribution in [0.1, 0.15) is 31.0 Å². The van der Waals surface area contributed by atoms with Crippen LogP contribution in [0.25, 0.3) is 0 Å². The monoisotopic (exact) mass is 273 g/mol. The summed E-state index contributed by atoms with van der Waals surface area (Å²) in [5, 5.41) is 2.97. The van der Waals surface area contributed by atoms with Gasteiger partial charge in [-0.2, -0.15) is 0 Å². The van der Waals surface area contributed by atoms with Crippen LogP contribution in [0.15, 0.2) is 18.2 Å². The lowest BCUT2D eigenvalue weighted by Gasteiger charge is -2.33. The summed E-state index contributed by atoms with van der Waals surface area (Å²) in [5.41, 5.74) is 1.42. The fourth-order valence-electron chi connectivity index (χ4n) is 2.06. The molecular weight excluding hydrogens is 253 g/mol. The highest BCUT2D eigenvalue weighted by Crippen LogP contribution is 2.32. The SMILES string of the molecule is CNC(c1cc(C)cc(F)c1)C(C)(C)S(C)(=O)=O. The summed E-state index contributed by atoms with van der Waals surface area (Å²) in [4.78, 5) is 0. The van der Waals surface area contributed by atoms with E-state index >= 15 is 0 Å². The van der Waals surface area contributed by atoms with E-state index in [0.717, 1.165) is 5.56 Å². The third-order valence-electron chi connectivity index (χ3n) is 3.34. The summed E-state index contributed by atoms with van der Waals surface area (Å²) in [6, 6.07) is 4.14. The molecule has 1 atom stereocenters. The van der Waals surface area contributed by atoms with E-state index in [1.165, 1.54) is 18.4 Å². The second-order valence-corrected chi connectivity index (χ2v) is 7.76. The Bertz CT molecular complexity index is 518. The van der Waals surface area contributed by atoms with Crippen LogP contribution < -0.4 is 5.32 Å². The summed E-state index contributed by atoms with van der Waals surface area (Å²) < 4.78 is 36.1. The molecule has 0 amide bonds. The van der Waals surface area contributed by atoms with Crippen molar-refractivity contribution in [2.24, 2.45) is 0 Å². The Labute approximate surface area is 108 Å². The van der Waals surface area contributed by atoms with Crippen molar-refractivity contribution in [3.8, 4) is 0 Å². The van der Waals surface area contributed by atoms with Gasteiger partial charge in [0.15, 0.2) is 9.84 Å². The van der Waals surface area contributed by atoms with Gasteiger partial charge in [-0.05, 0) is 51.1 Å². The molecule has 3 nitrogen and oxygen atoms in total. The van der Waals surface area contributed by atoms with Crippen LogP contribution in [-0.4, -0.2) is 26.5 Å². The molecule has 0 bridgehead atoms. The van der Waals surface area contributed by atoms with E-state index in [2.05, 4.69) is 5.32 Å². The second-order valence-electron chi connectivity index (χ2n) is 5.16. The van der Waals surface area contributed by atoms with Crippen molar-refractivity contribution in [1.29, 1.82) is 0 Å². The molecule has 0 saturated heterocycles. The number of hydrogen-bond acceptors (Lipinski definition) is 3. The molecule has 1 aromatic carbocycles. The average Bonchev–Trinajstić information content (AvgIpc) is 2.14. The van der Waals surface area contributed by atoms with Crippen LogP contribution in [0.2, 0.25) is 0 Å². The lowest BCUT2D eigenvalue weighted by atomic mass is 9.94. The van der Waals surface area contributed by atoms with Gasteiger partial charge in [-0.3, -0.25) is 0 Å². The minimum Gasteiger partial charge on any atom is -0.312 e. The van der Waals surface area contributed by atoms with E-state index in [9.17, 15) is 12.8 Å². The van der Waals surface area contributed by atoms with Crippen LogP contribution in [0, 0.1) is 12.7 Å². The fourth-order valence-corrected chi connectivity index (χ4v) is 2.74. The molecule has 1 unspecified atom stereocenters. The third-order valence-corrected chi connectivity index (χ3v) is 5.48. The molecule has 1 N–H and O–H groups in total. The molecule has 0 aliphatic carbocycles.